The smallest absolute Gasteiger partial charge is 0.135 e. The van der Waals surface area contributed by atoms with Gasteiger partial charge in [0.1, 0.15) is 18.2 Å². The van der Waals surface area contributed by atoms with Gasteiger partial charge in [0.05, 0.1) is 5.56 Å². The molecule has 21 heavy (non-hydrogen) atoms. The molecule has 0 bridgehead atoms. The Labute approximate surface area is 131 Å². The first-order valence-corrected chi connectivity index (χ1v) is 8.02. The van der Waals surface area contributed by atoms with Crippen molar-refractivity contribution in [3.05, 3.63) is 29.6 Å². The van der Waals surface area contributed by atoms with Crippen LogP contribution in [0.15, 0.2) is 18.2 Å². The molecule has 0 atom stereocenters. The molecule has 1 heterocycles. The summed E-state index contributed by atoms with van der Waals surface area (Å²) in [5.41, 5.74) is 0.596. The zero-order valence-electron chi connectivity index (χ0n) is 12.2. The fourth-order valence-electron chi connectivity index (χ4n) is 2.40. The van der Waals surface area contributed by atoms with E-state index in [-0.39, 0.29) is 5.82 Å². The molecule has 0 aliphatic carbocycles. The first kappa shape index (κ1) is 16.1. The van der Waals surface area contributed by atoms with Gasteiger partial charge in [0.2, 0.25) is 0 Å². The van der Waals surface area contributed by atoms with Crippen LogP contribution in [0.25, 0.3) is 0 Å². The molecule has 0 saturated carbocycles. The van der Waals surface area contributed by atoms with E-state index in [0.29, 0.717) is 30.2 Å². The molecule has 0 amide bonds. The van der Waals surface area contributed by atoms with E-state index >= 15 is 0 Å². The first-order valence-electron chi connectivity index (χ1n) is 7.49. The quantitative estimate of drug-likeness (QED) is 0.608. The average molecular weight is 310 g/mol. The molecule has 0 N–H and O–H groups in total. The summed E-state index contributed by atoms with van der Waals surface area (Å²) >= 11 is 5.60. The minimum Gasteiger partial charge on any atom is -0.491 e. The second kappa shape index (κ2) is 8.92. The Morgan fingerprint density at radius 3 is 2.81 bits per heavy atom. The van der Waals surface area contributed by atoms with Gasteiger partial charge in [-0.3, -0.25) is 4.90 Å². The van der Waals surface area contributed by atoms with Gasteiger partial charge in [-0.2, -0.15) is 0 Å². The molecule has 2 nitrogen and oxygen atoms in total. The molecular weight excluding hydrogens is 289 g/mol. The van der Waals surface area contributed by atoms with Crippen LogP contribution in [0.2, 0.25) is 0 Å². The maximum Gasteiger partial charge on any atom is 0.135 e. The van der Waals surface area contributed by atoms with Crippen molar-refractivity contribution in [2.75, 3.05) is 32.1 Å². The van der Waals surface area contributed by atoms with Crippen LogP contribution in [0.1, 0.15) is 31.2 Å². The molecule has 2 rings (SSSR count). The van der Waals surface area contributed by atoms with Crippen molar-refractivity contribution in [2.24, 2.45) is 0 Å². The van der Waals surface area contributed by atoms with Crippen molar-refractivity contribution >= 4 is 11.6 Å². The van der Waals surface area contributed by atoms with Crippen LogP contribution >= 0.6 is 11.6 Å². The lowest BCUT2D eigenvalue weighted by Crippen LogP contribution is -2.33. The number of benzene rings is 1. The van der Waals surface area contributed by atoms with Gasteiger partial charge >= 0.3 is 0 Å². The van der Waals surface area contributed by atoms with Gasteiger partial charge in [-0.25, -0.2) is 4.39 Å². The minimum absolute atomic E-state index is 0.298. The molecular formula is C17H21ClFNO. The molecule has 0 unspecified atom stereocenters. The molecule has 0 spiro atoms. The Morgan fingerprint density at radius 1 is 1.24 bits per heavy atom. The van der Waals surface area contributed by atoms with Crippen molar-refractivity contribution in [2.45, 2.75) is 25.7 Å². The van der Waals surface area contributed by atoms with E-state index in [4.69, 9.17) is 16.3 Å². The highest BCUT2D eigenvalue weighted by Gasteiger charge is 2.10. The number of hydrogen-bond acceptors (Lipinski definition) is 2. The number of rotatable bonds is 5. The first-order chi connectivity index (χ1) is 10.3. The molecule has 0 radical (unpaired) electrons. The fraction of sp³-hybridized carbons (Fsp3) is 0.529. The van der Waals surface area contributed by atoms with Gasteiger partial charge in [0.25, 0.3) is 0 Å². The Kier molecular flexibility index (Phi) is 6.85. The third kappa shape index (κ3) is 5.57. The van der Waals surface area contributed by atoms with Crippen LogP contribution in [0, 0.1) is 17.7 Å². The van der Waals surface area contributed by atoms with E-state index in [2.05, 4.69) is 16.7 Å². The van der Waals surface area contributed by atoms with Gasteiger partial charge in [-0.05, 0) is 44.1 Å². The van der Waals surface area contributed by atoms with Crippen LogP contribution in [0.5, 0.6) is 5.75 Å². The highest BCUT2D eigenvalue weighted by Crippen LogP contribution is 2.19. The predicted octanol–water partition coefficient (Wildman–Crippen LogP) is 3.67. The third-order valence-corrected chi connectivity index (χ3v) is 3.69. The van der Waals surface area contributed by atoms with E-state index < -0.39 is 0 Å². The van der Waals surface area contributed by atoms with Gasteiger partial charge in [-0.1, -0.05) is 18.3 Å². The van der Waals surface area contributed by atoms with Crippen LogP contribution in [-0.2, 0) is 0 Å². The molecule has 4 heteroatoms. The van der Waals surface area contributed by atoms with Gasteiger partial charge in [0, 0.05) is 18.8 Å². The number of likely N-dealkylation sites (tertiary alicyclic amines) is 1. The highest BCUT2D eigenvalue weighted by molar-refractivity contribution is 6.18. The van der Waals surface area contributed by atoms with E-state index in [1.54, 1.807) is 6.07 Å². The Balaban J connectivity index is 1.90. The zero-order chi connectivity index (χ0) is 14.9. The lowest BCUT2D eigenvalue weighted by Gasteiger charge is -2.26. The topological polar surface area (TPSA) is 12.5 Å². The summed E-state index contributed by atoms with van der Waals surface area (Å²) < 4.78 is 19.1. The molecule has 1 saturated heterocycles. The molecule has 114 valence electrons. The number of ether oxygens (including phenoxy) is 1. The third-order valence-electron chi connectivity index (χ3n) is 3.50. The zero-order valence-corrected chi connectivity index (χ0v) is 13.0. The van der Waals surface area contributed by atoms with Gasteiger partial charge < -0.3 is 4.74 Å². The average Bonchev–Trinajstić information content (AvgIpc) is 2.51. The molecule has 1 aromatic rings. The van der Waals surface area contributed by atoms with Gasteiger partial charge in [-0.15, -0.1) is 11.6 Å². The number of piperidine rings is 1. The van der Waals surface area contributed by atoms with Gasteiger partial charge in [0.15, 0.2) is 0 Å². The number of hydrogen-bond donors (Lipinski definition) is 0. The van der Waals surface area contributed by atoms with Crippen molar-refractivity contribution in [1.82, 2.24) is 4.90 Å². The van der Waals surface area contributed by atoms with Crippen molar-refractivity contribution < 1.29 is 9.13 Å². The maximum atomic E-state index is 13.3. The molecule has 1 aromatic carbocycles. The predicted molar refractivity (Wildman–Crippen MR) is 84.4 cm³/mol. The SMILES string of the molecule is Fc1ccc(OCCN2CCCCC2)c(C#CCCCl)c1. The second-order valence-electron chi connectivity index (χ2n) is 5.13. The van der Waals surface area contributed by atoms with Crippen LogP contribution in [-0.4, -0.2) is 37.0 Å². The normalized spacial score (nSPS) is 15.3. The Hall–Kier alpha value is -1.24. The monoisotopic (exact) mass is 309 g/mol. The van der Waals surface area contributed by atoms with E-state index in [9.17, 15) is 4.39 Å². The summed E-state index contributed by atoms with van der Waals surface area (Å²) in [5, 5.41) is 0. The van der Waals surface area contributed by atoms with E-state index in [1.807, 2.05) is 0 Å². The molecule has 1 aliphatic rings. The molecule has 0 aromatic heterocycles. The molecule has 1 fully saturated rings. The summed E-state index contributed by atoms with van der Waals surface area (Å²) in [4.78, 5) is 2.41. The van der Waals surface area contributed by atoms with Crippen LogP contribution in [0.3, 0.4) is 0 Å². The number of alkyl halides is 1. The van der Waals surface area contributed by atoms with Crippen molar-refractivity contribution in [3.8, 4) is 17.6 Å². The van der Waals surface area contributed by atoms with Crippen LogP contribution < -0.4 is 4.74 Å². The van der Waals surface area contributed by atoms with Crippen LogP contribution in [0.4, 0.5) is 4.39 Å². The summed E-state index contributed by atoms with van der Waals surface area (Å²) in [6.07, 6.45) is 4.46. The maximum absolute atomic E-state index is 13.3. The fourth-order valence-corrected chi connectivity index (χ4v) is 2.49. The summed E-state index contributed by atoms with van der Waals surface area (Å²) in [7, 11) is 0. The largest absolute Gasteiger partial charge is 0.491 e. The lowest BCUT2D eigenvalue weighted by atomic mass is 10.1. The highest BCUT2D eigenvalue weighted by atomic mass is 35.5. The van der Waals surface area contributed by atoms with Crippen molar-refractivity contribution in [3.63, 3.8) is 0 Å². The Bertz CT molecular complexity index is 503. The van der Waals surface area contributed by atoms with E-state index in [1.165, 1.54) is 31.4 Å². The van der Waals surface area contributed by atoms with E-state index in [0.717, 1.165) is 19.6 Å². The Morgan fingerprint density at radius 2 is 2.05 bits per heavy atom. The number of nitrogens with zero attached hydrogens (tertiary/aromatic N) is 1. The lowest BCUT2D eigenvalue weighted by molar-refractivity contribution is 0.183. The second-order valence-corrected chi connectivity index (χ2v) is 5.51. The van der Waals surface area contributed by atoms with Crippen molar-refractivity contribution in [1.29, 1.82) is 0 Å². The summed E-state index contributed by atoms with van der Waals surface area (Å²) in [5.74, 6) is 6.68. The summed E-state index contributed by atoms with van der Waals surface area (Å²) in [6, 6.07) is 4.47. The summed E-state index contributed by atoms with van der Waals surface area (Å²) in [6.45, 7) is 3.81. The molecule has 1 aliphatic heterocycles. The standard InChI is InChI=1S/C17H21ClFNO/c18-9-3-2-6-15-14-16(19)7-8-17(15)21-13-12-20-10-4-1-5-11-20/h7-8,14H,1,3-5,9-13H2. The minimum atomic E-state index is -0.298. The number of halogens is 2.